The number of alkyl halides is 3. The van der Waals surface area contributed by atoms with Gasteiger partial charge in [0, 0.05) is 11.1 Å². The average Bonchev–Trinajstić information content (AvgIpc) is 2.48. The molecule has 2 aromatic rings. The van der Waals surface area contributed by atoms with Crippen LogP contribution >= 0.6 is 0 Å². The molecule has 4 N–H and O–H groups in total. The van der Waals surface area contributed by atoms with E-state index >= 15 is 0 Å². The van der Waals surface area contributed by atoms with Crippen LogP contribution in [-0.2, 0) is 6.18 Å². The number of rotatable bonds is 1. The monoisotopic (exact) mass is 338 g/mol. The number of nitriles is 2. The molecule has 1 aromatic heterocycles. The van der Waals surface area contributed by atoms with E-state index in [0.717, 1.165) is 0 Å². The van der Waals surface area contributed by atoms with Crippen LogP contribution in [0.15, 0.2) is 16.9 Å². The van der Waals surface area contributed by atoms with Crippen LogP contribution in [0.3, 0.4) is 0 Å². The maximum Gasteiger partial charge on any atom is 0.419 e. The standard InChI is InChI=1S/C14H6F4N4O2/c15-10-8(14(16,17)18)2-1-5(11(10)23)9-6(3-19)12(21)22-13(24)7(9)4-20/h1-2,23H,(H3,21,22,24). The van der Waals surface area contributed by atoms with E-state index < -0.39 is 56.9 Å². The second-order valence-electron chi connectivity index (χ2n) is 4.54. The lowest BCUT2D eigenvalue weighted by Gasteiger charge is -2.14. The van der Waals surface area contributed by atoms with Gasteiger partial charge in [-0.2, -0.15) is 23.7 Å². The SMILES string of the molecule is N#Cc1c(N)[nH]c(=O)c(C#N)c1-c1ccc(C(F)(F)F)c(F)c1O. The molecule has 2 rings (SSSR count). The Kier molecular flexibility index (Phi) is 3.92. The second kappa shape index (κ2) is 5.59. The molecule has 0 saturated heterocycles. The molecular formula is C14H6F4N4O2. The Morgan fingerprint density at radius 1 is 1.17 bits per heavy atom. The normalized spacial score (nSPS) is 10.9. The van der Waals surface area contributed by atoms with Crippen molar-refractivity contribution in [3.8, 4) is 29.0 Å². The van der Waals surface area contributed by atoms with Crippen molar-refractivity contribution in [2.75, 3.05) is 5.73 Å². The van der Waals surface area contributed by atoms with E-state index in [1.54, 1.807) is 6.07 Å². The van der Waals surface area contributed by atoms with Gasteiger partial charge in [0.1, 0.15) is 29.1 Å². The molecule has 0 aliphatic heterocycles. The van der Waals surface area contributed by atoms with Crippen molar-refractivity contribution in [3.05, 3.63) is 45.0 Å². The lowest BCUT2D eigenvalue weighted by atomic mass is 9.94. The number of H-pyrrole nitrogens is 1. The third-order valence-corrected chi connectivity index (χ3v) is 3.16. The van der Waals surface area contributed by atoms with E-state index in [2.05, 4.69) is 0 Å². The molecule has 6 nitrogen and oxygen atoms in total. The molecule has 0 spiro atoms. The lowest BCUT2D eigenvalue weighted by molar-refractivity contribution is -0.140. The Bertz CT molecular complexity index is 981. The van der Waals surface area contributed by atoms with Crippen molar-refractivity contribution in [1.82, 2.24) is 4.98 Å². The van der Waals surface area contributed by atoms with Gasteiger partial charge >= 0.3 is 6.18 Å². The number of aromatic nitrogens is 1. The average molecular weight is 338 g/mol. The number of halogens is 4. The summed E-state index contributed by atoms with van der Waals surface area (Å²) in [6.45, 7) is 0. The maximum absolute atomic E-state index is 13.9. The van der Waals surface area contributed by atoms with Crippen molar-refractivity contribution in [2.24, 2.45) is 0 Å². The van der Waals surface area contributed by atoms with E-state index in [4.69, 9.17) is 16.3 Å². The van der Waals surface area contributed by atoms with E-state index in [9.17, 15) is 27.5 Å². The Hall–Kier alpha value is -3.53. The van der Waals surface area contributed by atoms with E-state index in [0.29, 0.717) is 12.1 Å². The summed E-state index contributed by atoms with van der Waals surface area (Å²) < 4.78 is 51.8. The van der Waals surface area contributed by atoms with Gasteiger partial charge in [0.2, 0.25) is 0 Å². The summed E-state index contributed by atoms with van der Waals surface area (Å²) in [6.07, 6.45) is -5.07. The molecule has 0 aliphatic rings. The Morgan fingerprint density at radius 3 is 2.25 bits per heavy atom. The minimum absolute atomic E-state index is 0.323. The summed E-state index contributed by atoms with van der Waals surface area (Å²) in [7, 11) is 0. The first-order valence-corrected chi connectivity index (χ1v) is 6.08. The fourth-order valence-corrected chi connectivity index (χ4v) is 2.10. The Morgan fingerprint density at radius 2 is 1.75 bits per heavy atom. The summed E-state index contributed by atoms with van der Waals surface area (Å²) in [5.74, 6) is -3.93. The summed E-state index contributed by atoms with van der Waals surface area (Å²) >= 11 is 0. The highest BCUT2D eigenvalue weighted by Crippen LogP contribution is 2.41. The topological polar surface area (TPSA) is 127 Å². The molecule has 0 amide bonds. The van der Waals surface area contributed by atoms with Gasteiger partial charge in [-0.05, 0) is 12.1 Å². The molecular weight excluding hydrogens is 332 g/mol. The van der Waals surface area contributed by atoms with E-state index in [1.807, 2.05) is 4.98 Å². The molecule has 0 bridgehead atoms. The van der Waals surface area contributed by atoms with Crippen molar-refractivity contribution in [3.63, 3.8) is 0 Å². The first-order valence-electron chi connectivity index (χ1n) is 6.08. The molecule has 0 unspecified atom stereocenters. The van der Waals surface area contributed by atoms with Gasteiger partial charge in [-0.3, -0.25) is 4.79 Å². The molecule has 10 heteroatoms. The number of nitrogens with one attached hydrogen (secondary N) is 1. The number of hydrogen-bond acceptors (Lipinski definition) is 5. The molecule has 0 aliphatic carbocycles. The van der Waals surface area contributed by atoms with E-state index in [1.165, 1.54) is 6.07 Å². The molecule has 1 heterocycles. The highest BCUT2D eigenvalue weighted by molar-refractivity contribution is 5.83. The summed E-state index contributed by atoms with van der Waals surface area (Å²) in [5.41, 5.74) is 0.295. The quantitative estimate of drug-likeness (QED) is 0.687. The number of nitrogens with zero attached hydrogens (tertiary/aromatic N) is 2. The van der Waals surface area contributed by atoms with Crippen LogP contribution in [0.4, 0.5) is 23.4 Å². The first kappa shape index (κ1) is 16.8. The summed E-state index contributed by atoms with van der Waals surface area (Å²) in [4.78, 5) is 13.7. The van der Waals surface area contributed by atoms with Gasteiger partial charge in [0.05, 0.1) is 5.56 Å². The minimum atomic E-state index is -5.07. The molecule has 0 atom stereocenters. The van der Waals surface area contributed by atoms with Gasteiger partial charge in [0.25, 0.3) is 5.56 Å². The van der Waals surface area contributed by atoms with Crippen LogP contribution in [0.5, 0.6) is 5.75 Å². The molecule has 122 valence electrons. The molecule has 0 saturated carbocycles. The second-order valence-corrected chi connectivity index (χ2v) is 4.54. The van der Waals surface area contributed by atoms with Gasteiger partial charge in [-0.15, -0.1) is 0 Å². The molecule has 24 heavy (non-hydrogen) atoms. The smallest absolute Gasteiger partial charge is 0.419 e. The number of anilines is 1. The van der Waals surface area contributed by atoms with Crippen LogP contribution in [0.25, 0.3) is 11.1 Å². The van der Waals surface area contributed by atoms with Crippen LogP contribution in [0.1, 0.15) is 16.7 Å². The van der Waals surface area contributed by atoms with Crippen LogP contribution in [0.2, 0.25) is 0 Å². The van der Waals surface area contributed by atoms with Gasteiger partial charge in [-0.1, -0.05) is 0 Å². The van der Waals surface area contributed by atoms with Gasteiger partial charge in [0.15, 0.2) is 11.6 Å². The van der Waals surface area contributed by atoms with Gasteiger partial charge < -0.3 is 15.8 Å². The fourth-order valence-electron chi connectivity index (χ4n) is 2.10. The number of pyridine rings is 1. The fraction of sp³-hybridized carbons (Fsp3) is 0.0714. The zero-order chi connectivity index (χ0) is 18.2. The largest absolute Gasteiger partial charge is 0.504 e. The number of nitrogen functional groups attached to an aromatic ring is 1. The highest BCUT2D eigenvalue weighted by Gasteiger charge is 2.36. The minimum Gasteiger partial charge on any atom is -0.504 e. The number of aromatic amines is 1. The van der Waals surface area contributed by atoms with Crippen molar-refractivity contribution >= 4 is 5.82 Å². The predicted octanol–water partition coefficient (Wildman–Crippen LogP) is 2.23. The third kappa shape index (κ3) is 2.50. The van der Waals surface area contributed by atoms with Crippen LogP contribution in [-0.4, -0.2) is 10.1 Å². The number of benzene rings is 1. The highest BCUT2D eigenvalue weighted by atomic mass is 19.4. The molecule has 1 aromatic carbocycles. The molecule has 0 fully saturated rings. The van der Waals surface area contributed by atoms with E-state index in [-0.39, 0.29) is 0 Å². The maximum atomic E-state index is 13.9. The zero-order valence-corrected chi connectivity index (χ0v) is 11.5. The predicted molar refractivity (Wildman–Crippen MR) is 73.0 cm³/mol. The van der Waals surface area contributed by atoms with Gasteiger partial charge in [-0.25, -0.2) is 4.39 Å². The number of nitrogens with two attached hydrogens (primary N) is 1. The summed E-state index contributed by atoms with van der Waals surface area (Å²) in [5, 5.41) is 27.9. The Labute approximate surface area is 131 Å². The first-order chi connectivity index (χ1) is 11.1. The summed E-state index contributed by atoms with van der Waals surface area (Å²) in [6, 6.07) is 3.98. The lowest BCUT2D eigenvalue weighted by Crippen LogP contribution is -2.16. The Balaban J connectivity index is 2.95. The number of hydrogen-bond donors (Lipinski definition) is 3. The van der Waals surface area contributed by atoms with Crippen LogP contribution < -0.4 is 11.3 Å². The van der Waals surface area contributed by atoms with Crippen molar-refractivity contribution in [2.45, 2.75) is 6.18 Å². The van der Waals surface area contributed by atoms with Crippen molar-refractivity contribution < 1.29 is 22.7 Å². The zero-order valence-electron chi connectivity index (χ0n) is 11.5. The number of aromatic hydroxyl groups is 1. The number of phenols is 1. The van der Waals surface area contributed by atoms with Crippen molar-refractivity contribution in [1.29, 1.82) is 10.5 Å². The molecule has 0 radical (unpaired) electrons. The third-order valence-electron chi connectivity index (χ3n) is 3.16. The van der Waals surface area contributed by atoms with Crippen LogP contribution in [0, 0.1) is 28.5 Å². The number of phenolic OH excluding ortho intramolecular Hbond substituents is 1.